The van der Waals surface area contributed by atoms with Gasteiger partial charge in [-0.15, -0.1) is 0 Å². The van der Waals surface area contributed by atoms with Crippen molar-refractivity contribution in [2.24, 2.45) is 0 Å². The van der Waals surface area contributed by atoms with Gasteiger partial charge in [-0.3, -0.25) is 4.90 Å². The Labute approximate surface area is 129 Å². The Morgan fingerprint density at radius 2 is 1.95 bits per heavy atom. The molecule has 1 aromatic carbocycles. The first kappa shape index (κ1) is 14.7. The summed E-state index contributed by atoms with van der Waals surface area (Å²) in [5.41, 5.74) is 1.59. The maximum atomic E-state index is 12.6. The number of aryl methyl sites for hydroxylation is 1. The summed E-state index contributed by atoms with van der Waals surface area (Å²) in [4.78, 5) is 15.8. The molecule has 0 spiro atoms. The van der Waals surface area contributed by atoms with E-state index in [2.05, 4.69) is 0 Å². The summed E-state index contributed by atoms with van der Waals surface area (Å²) in [6, 6.07) is 4.69. The van der Waals surface area contributed by atoms with Crippen LogP contribution in [0.3, 0.4) is 0 Å². The molecule has 2 saturated heterocycles. The van der Waals surface area contributed by atoms with Crippen molar-refractivity contribution in [3.05, 3.63) is 28.8 Å². The number of fused-ring (bicyclic) bond motifs is 1. The van der Waals surface area contributed by atoms with Gasteiger partial charge in [0.05, 0.1) is 23.6 Å². The molecular weight excluding hydrogens is 312 g/mol. The second kappa shape index (κ2) is 4.88. The molecule has 0 N–H and O–H groups in total. The minimum Gasteiger partial charge on any atom is -0.318 e. The lowest BCUT2D eigenvalue weighted by molar-refractivity contribution is 0.212. The predicted octanol–water partition coefficient (Wildman–Crippen LogP) is 2.08. The van der Waals surface area contributed by atoms with Crippen LogP contribution in [0.25, 0.3) is 0 Å². The molecule has 7 heteroatoms. The number of carbonyl (C=O) groups excluding carboxylic acids is 1. The standard InChI is InChI=1S/C14H17ClN2O3S/c1-3-16-12-7-21(19,20)8-13(12)17(14(16)18)10-5-4-9(2)11(15)6-10/h4-6,12-13H,3,7-8H2,1-2H3. The molecular formula is C14H17ClN2O3S. The topological polar surface area (TPSA) is 57.7 Å². The van der Waals surface area contributed by atoms with Gasteiger partial charge in [0.15, 0.2) is 9.84 Å². The summed E-state index contributed by atoms with van der Waals surface area (Å²) in [5, 5.41) is 0.577. The highest BCUT2D eigenvalue weighted by atomic mass is 35.5. The highest BCUT2D eigenvalue weighted by Gasteiger charge is 2.53. The summed E-state index contributed by atoms with van der Waals surface area (Å²) in [7, 11) is -3.10. The number of hydrogen-bond donors (Lipinski definition) is 0. The van der Waals surface area contributed by atoms with Crippen LogP contribution >= 0.6 is 11.6 Å². The molecule has 2 amide bonds. The van der Waals surface area contributed by atoms with Gasteiger partial charge in [0.25, 0.3) is 0 Å². The summed E-state index contributed by atoms with van der Waals surface area (Å²) in [6.07, 6.45) is 0. The van der Waals surface area contributed by atoms with Crippen LogP contribution in [0.2, 0.25) is 5.02 Å². The molecule has 3 rings (SSSR count). The molecule has 2 unspecified atom stereocenters. The van der Waals surface area contributed by atoms with Crippen LogP contribution in [0.15, 0.2) is 18.2 Å². The first-order valence-corrected chi connectivity index (χ1v) is 9.10. The molecule has 0 aliphatic carbocycles. The SMILES string of the molecule is CCN1C(=O)N(c2ccc(C)c(Cl)c2)C2CS(=O)(=O)CC21. The lowest BCUT2D eigenvalue weighted by atomic mass is 10.1. The van der Waals surface area contributed by atoms with E-state index >= 15 is 0 Å². The van der Waals surface area contributed by atoms with E-state index in [0.29, 0.717) is 17.3 Å². The zero-order valence-electron chi connectivity index (χ0n) is 11.9. The van der Waals surface area contributed by atoms with E-state index in [0.717, 1.165) is 5.56 Å². The van der Waals surface area contributed by atoms with Crippen molar-refractivity contribution in [1.82, 2.24) is 4.90 Å². The summed E-state index contributed by atoms with van der Waals surface area (Å²) >= 11 is 6.14. The van der Waals surface area contributed by atoms with Crippen molar-refractivity contribution in [2.45, 2.75) is 25.9 Å². The fraction of sp³-hybridized carbons (Fsp3) is 0.500. The summed E-state index contributed by atoms with van der Waals surface area (Å²) in [6.45, 7) is 4.26. The minimum atomic E-state index is -3.10. The number of benzene rings is 1. The lowest BCUT2D eigenvalue weighted by Gasteiger charge is -2.22. The van der Waals surface area contributed by atoms with Crippen molar-refractivity contribution in [1.29, 1.82) is 0 Å². The molecule has 2 heterocycles. The van der Waals surface area contributed by atoms with Crippen LogP contribution in [-0.2, 0) is 9.84 Å². The molecule has 2 atom stereocenters. The summed E-state index contributed by atoms with van der Waals surface area (Å²) < 4.78 is 23.8. The van der Waals surface area contributed by atoms with E-state index in [-0.39, 0.29) is 29.6 Å². The van der Waals surface area contributed by atoms with Crippen LogP contribution in [0.5, 0.6) is 0 Å². The van der Waals surface area contributed by atoms with Gasteiger partial charge >= 0.3 is 6.03 Å². The first-order chi connectivity index (χ1) is 9.84. The fourth-order valence-corrected chi connectivity index (χ4v) is 5.31. The highest BCUT2D eigenvalue weighted by Crippen LogP contribution is 2.36. The monoisotopic (exact) mass is 328 g/mol. The number of nitrogens with zero attached hydrogens (tertiary/aromatic N) is 2. The zero-order chi connectivity index (χ0) is 15.4. The third-order valence-corrected chi connectivity index (χ3v) is 6.36. The molecule has 0 aromatic heterocycles. The predicted molar refractivity (Wildman–Crippen MR) is 82.7 cm³/mol. The number of rotatable bonds is 2. The number of amides is 2. The Morgan fingerprint density at radius 3 is 2.57 bits per heavy atom. The van der Waals surface area contributed by atoms with Crippen LogP contribution in [0.1, 0.15) is 12.5 Å². The Hall–Kier alpha value is -1.27. The van der Waals surface area contributed by atoms with E-state index in [1.807, 2.05) is 26.0 Å². The average molecular weight is 329 g/mol. The van der Waals surface area contributed by atoms with E-state index in [4.69, 9.17) is 11.6 Å². The van der Waals surface area contributed by atoms with Crippen LogP contribution in [0, 0.1) is 6.92 Å². The van der Waals surface area contributed by atoms with Crippen molar-refractivity contribution >= 4 is 33.2 Å². The van der Waals surface area contributed by atoms with E-state index < -0.39 is 9.84 Å². The van der Waals surface area contributed by atoms with Crippen LogP contribution < -0.4 is 4.90 Å². The average Bonchev–Trinajstić information content (AvgIpc) is 2.82. The molecule has 2 fully saturated rings. The Bertz CT molecular complexity index is 704. The molecule has 21 heavy (non-hydrogen) atoms. The second-order valence-electron chi connectivity index (χ2n) is 5.58. The Kier molecular flexibility index (Phi) is 3.41. The van der Waals surface area contributed by atoms with Crippen molar-refractivity contribution in [3.8, 4) is 0 Å². The molecule has 0 saturated carbocycles. The van der Waals surface area contributed by atoms with Gasteiger partial charge < -0.3 is 4.90 Å². The van der Waals surface area contributed by atoms with Gasteiger partial charge in [0.1, 0.15) is 0 Å². The quantitative estimate of drug-likeness (QED) is 0.781. The number of halogens is 1. The minimum absolute atomic E-state index is 0.0192. The smallest absolute Gasteiger partial charge is 0.318 e. The van der Waals surface area contributed by atoms with E-state index in [1.54, 1.807) is 15.9 Å². The normalized spacial score (nSPS) is 27.3. The van der Waals surface area contributed by atoms with Gasteiger partial charge in [-0.25, -0.2) is 13.2 Å². The number of likely N-dealkylation sites (N-methyl/N-ethyl adjacent to an activating group) is 1. The summed E-state index contributed by atoms with van der Waals surface area (Å²) in [5.74, 6) is 0.0682. The number of anilines is 1. The third-order valence-electron chi connectivity index (χ3n) is 4.25. The van der Waals surface area contributed by atoms with Crippen molar-refractivity contribution in [3.63, 3.8) is 0 Å². The Morgan fingerprint density at radius 1 is 1.29 bits per heavy atom. The molecule has 5 nitrogen and oxygen atoms in total. The van der Waals surface area contributed by atoms with E-state index in [9.17, 15) is 13.2 Å². The molecule has 2 aliphatic rings. The van der Waals surface area contributed by atoms with Gasteiger partial charge in [-0.1, -0.05) is 17.7 Å². The fourth-order valence-electron chi connectivity index (χ4n) is 3.18. The Balaban J connectivity index is 2.04. The first-order valence-electron chi connectivity index (χ1n) is 6.90. The van der Waals surface area contributed by atoms with E-state index in [1.165, 1.54) is 0 Å². The molecule has 0 bridgehead atoms. The van der Waals surface area contributed by atoms with Gasteiger partial charge in [-0.2, -0.15) is 0 Å². The molecule has 2 aliphatic heterocycles. The van der Waals surface area contributed by atoms with Crippen LogP contribution in [0.4, 0.5) is 10.5 Å². The maximum Gasteiger partial charge on any atom is 0.325 e. The lowest BCUT2D eigenvalue weighted by Crippen LogP contribution is -2.37. The molecule has 1 aromatic rings. The third kappa shape index (κ3) is 2.30. The van der Waals surface area contributed by atoms with Gasteiger partial charge in [0, 0.05) is 17.3 Å². The van der Waals surface area contributed by atoms with Gasteiger partial charge in [-0.05, 0) is 31.5 Å². The van der Waals surface area contributed by atoms with Crippen molar-refractivity contribution in [2.75, 3.05) is 23.0 Å². The maximum absolute atomic E-state index is 12.6. The number of carbonyl (C=O) groups is 1. The number of hydrogen-bond acceptors (Lipinski definition) is 3. The molecule has 0 radical (unpaired) electrons. The van der Waals surface area contributed by atoms with Crippen LogP contribution in [-0.4, -0.2) is 49.5 Å². The highest BCUT2D eigenvalue weighted by molar-refractivity contribution is 7.91. The molecule has 114 valence electrons. The van der Waals surface area contributed by atoms with Crippen molar-refractivity contribution < 1.29 is 13.2 Å². The largest absolute Gasteiger partial charge is 0.325 e. The van der Waals surface area contributed by atoms with Gasteiger partial charge in [0.2, 0.25) is 0 Å². The number of sulfone groups is 1. The zero-order valence-corrected chi connectivity index (χ0v) is 13.5. The number of urea groups is 1. The second-order valence-corrected chi connectivity index (χ2v) is 8.14.